The summed E-state index contributed by atoms with van der Waals surface area (Å²) in [6.07, 6.45) is 1.80. The number of hydrogen-bond donors (Lipinski definition) is 3. The van der Waals surface area contributed by atoms with Crippen LogP contribution in [-0.2, 0) is 4.74 Å². The number of rotatable bonds is 6. The van der Waals surface area contributed by atoms with Gasteiger partial charge in [-0.25, -0.2) is 0 Å². The van der Waals surface area contributed by atoms with Crippen molar-refractivity contribution in [3.8, 4) is 0 Å². The topological polar surface area (TPSA) is 79.5 Å². The summed E-state index contributed by atoms with van der Waals surface area (Å²) in [5, 5.41) is 8.67. The predicted molar refractivity (Wildman–Crippen MR) is 140 cm³/mol. The zero-order valence-electron chi connectivity index (χ0n) is 18.3. The van der Waals surface area contributed by atoms with Gasteiger partial charge in [-0.3, -0.25) is 14.9 Å². The third-order valence-corrected chi connectivity index (χ3v) is 6.20. The van der Waals surface area contributed by atoms with Crippen LogP contribution in [-0.4, -0.2) is 29.6 Å². The van der Waals surface area contributed by atoms with Crippen LogP contribution < -0.4 is 16.0 Å². The average molecular weight is 538 g/mol. The van der Waals surface area contributed by atoms with E-state index in [2.05, 4.69) is 44.0 Å². The van der Waals surface area contributed by atoms with Crippen LogP contribution in [0.15, 0.2) is 83.3 Å². The van der Waals surface area contributed by atoms with Crippen LogP contribution in [0.4, 0.5) is 5.69 Å². The highest BCUT2D eigenvalue weighted by atomic mass is 79.9. The van der Waals surface area contributed by atoms with Crippen molar-refractivity contribution in [3.05, 3.63) is 100 Å². The standard InChI is InChI=1S/C26H24BrN3O3S/c27-19-11-13-21(22(15-19)29-26(34)30-24(31)18-9-5-2-6-10-18)25(32)28-16-20-12-14-23(33-20)17-7-3-1-4-8-17/h1-11,13,15,20,23H,12,14,16H2,(H,28,32)(H2,29,30,31,34)/t20-,23+/m1/s1. The highest BCUT2D eigenvalue weighted by Gasteiger charge is 2.27. The van der Waals surface area contributed by atoms with Gasteiger partial charge in [0, 0.05) is 16.6 Å². The highest BCUT2D eigenvalue weighted by Crippen LogP contribution is 2.32. The maximum Gasteiger partial charge on any atom is 0.257 e. The van der Waals surface area contributed by atoms with Crippen molar-refractivity contribution in [2.24, 2.45) is 0 Å². The maximum atomic E-state index is 13.0. The summed E-state index contributed by atoms with van der Waals surface area (Å²) in [6, 6.07) is 24.1. The van der Waals surface area contributed by atoms with Crippen molar-refractivity contribution >= 4 is 50.8 Å². The first-order valence-electron chi connectivity index (χ1n) is 10.9. The third kappa shape index (κ3) is 6.28. The molecule has 2 amide bonds. The summed E-state index contributed by atoms with van der Waals surface area (Å²) in [7, 11) is 0. The molecule has 1 heterocycles. The second kappa shape index (κ2) is 11.4. The molecule has 0 aromatic heterocycles. The van der Waals surface area contributed by atoms with E-state index in [1.165, 1.54) is 0 Å². The molecule has 8 heteroatoms. The lowest BCUT2D eigenvalue weighted by molar-refractivity contribution is 0.0436. The molecular weight excluding hydrogens is 514 g/mol. The number of thiocarbonyl (C=S) groups is 1. The molecule has 0 spiro atoms. The second-order valence-corrected chi connectivity index (χ2v) is 9.23. The summed E-state index contributed by atoms with van der Waals surface area (Å²) in [5.74, 6) is -0.579. The normalized spacial score (nSPS) is 17.1. The minimum absolute atomic E-state index is 0.0488. The van der Waals surface area contributed by atoms with Crippen molar-refractivity contribution < 1.29 is 14.3 Å². The van der Waals surface area contributed by atoms with E-state index >= 15 is 0 Å². The monoisotopic (exact) mass is 537 g/mol. The Kier molecular flexibility index (Phi) is 8.05. The van der Waals surface area contributed by atoms with Gasteiger partial charge in [0.2, 0.25) is 0 Å². The lowest BCUT2D eigenvalue weighted by Gasteiger charge is -2.17. The van der Waals surface area contributed by atoms with Gasteiger partial charge in [0.15, 0.2) is 5.11 Å². The zero-order chi connectivity index (χ0) is 23.9. The number of benzene rings is 3. The quantitative estimate of drug-likeness (QED) is 0.375. The number of anilines is 1. The second-order valence-electron chi connectivity index (χ2n) is 7.91. The van der Waals surface area contributed by atoms with Crippen molar-refractivity contribution in [1.29, 1.82) is 0 Å². The Morgan fingerprint density at radius 1 is 0.941 bits per heavy atom. The van der Waals surface area contributed by atoms with Crippen molar-refractivity contribution in [2.75, 3.05) is 11.9 Å². The Labute approximate surface area is 212 Å². The van der Waals surface area contributed by atoms with E-state index in [4.69, 9.17) is 17.0 Å². The van der Waals surface area contributed by atoms with E-state index < -0.39 is 0 Å². The summed E-state index contributed by atoms with van der Waals surface area (Å²) in [5.41, 5.74) is 2.54. The van der Waals surface area contributed by atoms with E-state index in [0.29, 0.717) is 23.4 Å². The van der Waals surface area contributed by atoms with Gasteiger partial charge in [0.05, 0.1) is 23.5 Å². The van der Waals surface area contributed by atoms with Gasteiger partial charge in [-0.2, -0.15) is 0 Å². The Bertz CT molecular complexity index is 1170. The molecule has 174 valence electrons. The van der Waals surface area contributed by atoms with Gasteiger partial charge in [-0.05, 0) is 61.0 Å². The van der Waals surface area contributed by atoms with Gasteiger partial charge < -0.3 is 15.4 Å². The fourth-order valence-corrected chi connectivity index (χ4v) is 4.37. The van der Waals surface area contributed by atoms with E-state index in [1.807, 2.05) is 24.3 Å². The molecule has 34 heavy (non-hydrogen) atoms. The van der Waals surface area contributed by atoms with Crippen molar-refractivity contribution in [3.63, 3.8) is 0 Å². The van der Waals surface area contributed by atoms with Crippen LogP contribution in [0, 0.1) is 0 Å². The predicted octanol–water partition coefficient (Wildman–Crippen LogP) is 5.23. The van der Waals surface area contributed by atoms with Gasteiger partial charge >= 0.3 is 0 Å². The van der Waals surface area contributed by atoms with Crippen LogP contribution in [0.2, 0.25) is 0 Å². The number of nitrogens with one attached hydrogen (secondary N) is 3. The van der Waals surface area contributed by atoms with Crippen molar-refractivity contribution in [1.82, 2.24) is 10.6 Å². The number of carbonyl (C=O) groups excluding carboxylic acids is 2. The first kappa shape index (κ1) is 24.1. The summed E-state index contributed by atoms with van der Waals surface area (Å²) >= 11 is 8.73. The average Bonchev–Trinajstić information content (AvgIpc) is 3.33. The van der Waals surface area contributed by atoms with Crippen LogP contribution in [0.25, 0.3) is 0 Å². The smallest absolute Gasteiger partial charge is 0.257 e. The first-order chi connectivity index (χ1) is 16.5. The zero-order valence-corrected chi connectivity index (χ0v) is 20.7. The Morgan fingerprint density at radius 3 is 2.38 bits per heavy atom. The molecule has 0 bridgehead atoms. The summed E-state index contributed by atoms with van der Waals surface area (Å²) in [6.45, 7) is 0.410. The molecule has 3 N–H and O–H groups in total. The van der Waals surface area contributed by atoms with E-state index in [1.54, 1.807) is 42.5 Å². The number of hydrogen-bond acceptors (Lipinski definition) is 4. The van der Waals surface area contributed by atoms with E-state index in [0.717, 1.165) is 22.9 Å². The molecule has 3 aromatic carbocycles. The van der Waals surface area contributed by atoms with Crippen LogP contribution in [0.3, 0.4) is 0 Å². The summed E-state index contributed by atoms with van der Waals surface area (Å²) in [4.78, 5) is 25.3. The SMILES string of the molecule is O=C(NC(=S)Nc1cc(Br)ccc1C(=O)NC[C@H]1CC[C@@H](c2ccccc2)O1)c1ccccc1. The van der Waals surface area contributed by atoms with Gasteiger partial charge in [0.25, 0.3) is 11.8 Å². The Hall–Kier alpha value is -3.07. The molecule has 6 nitrogen and oxygen atoms in total. The Balaban J connectivity index is 1.35. The molecule has 4 rings (SSSR count). The van der Waals surface area contributed by atoms with Crippen molar-refractivity contribution in [2.45, 2.75) is 25.0 Å². The number of ether oxygens (including phenoxy) is 1. The molecule has 0 saturated carbocycles. The maximum absolute atomic E-state index is 13.0. The number of carbonyl (C=O) groups is 2. The molecule has 0 radical (unpaired) electrons. The number of amides is 2. The van der Waals surface area contributed by atoms with Crippen LogP contribution in [0.5, 0.6) is 0 Å². The fraction of sp³-hybridized carbons (Fsp3) is 0.192. The fourth-order valence-electron chi connectivity index (χ4n) is 3.81. The molecule has 1 fully saturated rings. The molecule has 0 aliphatic carbocycles. The molecule has 0 unspecified atom stereocenters. The Morgan fingerprint density at radius 2 is 1.65 bits per heavy atom. The molecule has 1 aliphatic rings. The molecule has 2 atom stereocenters. The lowest BCUT2D eigenvalue weighted by Crippen LogP contribution is -2.36. The highest BCUT2D eigenvalue weighted by molar-refractivity contribution is 9.10. The third-order valence-electron chi connectivity index (χ3n) is 5.51. The minimum Gasteiger partial charge on any atom is -0.368 e. The minimum atomic E-state index is -0.328. The molecule has 3 aromatic rings. The molecule has 1 saturated heterocycles. The van der Waals surface area contributed by atoms with E-state index in [-0.39, 0.29) is 29.1 Å². The number of halogens is 1. The largest absolute Gasteiger partial charge is 0.368 e. The lowest BCUT2D eigenvalue weighted by atomic mass is 10.1. The van der Waals surface area contributed by atoms with Crippen LogP contribution >= 0.6 is 28.1 Å². The van der Waals surface area contributed by atoms with E-state index in [9.17, 15) is 9.59 Å². The first-order valence-corrected chi connectivity index (χ1v) is 12.2. The van der Waals surface area contributed by atoms with Gasteiger partial charge in [0.1, 0.15) is 0 Å². The molecular formula is C26H24BrN3O3S. The van der Waals surface area contributed by atoms with Gasteiger partial charge in [-0.1, -0.05) is 64.5 Å². The summed E-state index contributed by atoms with van der Waals surface area (Å²) < 4.78 is 6.90. The molecule has 1 aliphatic heterocycles. The van der Waals surface area contributed by atoms with Crippen LogP contribution in [0.1, 0.15) is 45.2 Å². The van der Waals surface area contributed by atoms with Gasteiger partial charge in [-0.15, -0.1) is 0 Å².